The van der Waals surface area contributed by atoms with Gasteiger partial charge in [0, 0.05) is 12.7 Å². The van der Waals surface area contributed by atoms with Gasteiger partial charge in [-0.3, -0.25) is 4.68 Å². The SMILES string of the molecule is Cc1c(-c2nc(=S)nc(N)[nH]2)cnn1C. The fraction of sp³-hybridized carbons (Fsp3) is 0.250. The fourth-order valence-corrected chi connectivity index (χ4v) is 1.45. The van der Waals surface area contributed by atoms with E-state index < -0.39 is 0 Å². The number of nitrogens with one attached hydrogen (secondary N) is 1. The van der Waals surface area contributed by atoms with Gasteiger partial charge >= 0.3 is 0 Å². The van der Waals surface area contributed by atoms with Gasteiger partial charge in [0.25, 0.3) is 0 Å². The third-order valence-corrected chi connectivity index (χ3v) is 2.34. The Hall–Kier alpha value is -1.76. The first-order valence-corrected chi connectivity index (χ1v) is 4.71. The lowest BCUT2D eigenvalue weighted by Gasteiger charge is -2.01. The van der Waals surface area contributed by atoms with E-state index in [9.17, 15) is 0 Å². The topological polar surface area (TPSA) is 85.4 Å². The van der Waals surface area contributed by atoms with Gasteiger partial charge in [0.2, 0.25) is 10.7 Å². The van der Waals surface area contributed by atoms with Crippen LogP contribution >= 0.6 is 12.2 Å². The summed E-state index contributed by atoms with van der Waals surface area (Å²) in [7, 11) is 1.86. The number of anilines is 1. The zero-order chi connectivity index (χ0) is 11.0. The first-order chi connectivity index (χ1) is 7.08. The van der Waals surface area contributed by atoms with Crippen LogP contribution in [0.25, 0.3) is 11.4 Å². The monoisotopic (exact) mass is 222 g/mol. The Balaban J connectivity index is 2.64. The Morgan fingerprint density at radius 2 is 2.20 bits per heavy atom. The minimum absolute atomic E-state index is 0.226. The molecule has 0 amide bonds. The molecule has 7 heteroatoms. The highest BCUT2D eigenvalue weighted by Gasteiger charge is 2.08. The van der Waals surface area contributed by atoms with Gasteiger partial charge in [-0.1, -0.05) is 0 Å². The van der Waals surface area contributed by atoms with Crippen molar-refractivity contribution < 1.29 is 0 Å². The van der Waals surface area contributed by atoms with Crippen LogP contribution in [0.3, 0.4) is 0 Å². The maximum Gasteiger partial charge on any atom is 0.224 e. The fourth-order valence-electron chi connectivity index (χ4n) is 1.26. The van der Waals surface area contributed by atoms with E-state index in [1.54, 1.807) is 10.9 Å². The Kier molecular flexibility index (Phi) is 2.24. The second kappa shape index (κ2) is 3.43. The van der Waals surface area contributed by atoms with Crippen molar-refractivity contribution in [3.05, 3.63) is 16.7 Å². The number of hydrogen-bond acceptors (Lipinski definition) is 5. The molecular weight excluding hydrogens is 212 g/mol. The van der Waals surface area contributed by atoms with E-state index in [-0.39, 0.29) is 10.7 Å². The Morgan fingerprint density at radius 3 is 2.73 bits per heavy atom. The van der Waals surface area contributed by atoms with Gasteiger partial charge in [-0.05, 0) is 19.1 Å². The molecule has 0 aromatic carbocycles. The number of nitrogen functional groups attached to an aromatic ring is 1. The highest BCUT2D eigenvalue weighted by molar-refractivity contribution is 7.71. The van der Waals surface area contributed by atoms with E-state index >= 15 is 0 Å². The summed E-state index contributed by atoms with van der Waals surface area (Å²) < 4.78 is 1.98. The van der Waals surface area contributed by atoms with Crippen molar-refractivity contribution >= 4 is 18.2 Å². The average molecular weight is 222 g/mol. The highest BCUT2D eigenvalue weighted by atomic mass is 32.1. The van der Waals surface area contributed by atoms with Crippen LogP contribution in [-0.2, 0) is 7.05 Å². The summed E-state index contributed by atoms with van der Waals surface area (Å²) in [5.74, 6) is 0.853. The van der Waals surface area contributed by atoms with Crippen molar-refractivity contribution in [2.45, 2.75) is 6.92 Å². The molecule has 78 valence electrons. The summed E-state index contributed by atoms with van der Waals surface area (Å²) >= 11 is 4.89. The third-order valence-electron chi connectivity index (χ3n) is 2.16. The molecule has 0 saturated heterocycles. The van der Waals surface area contributed by atoms with Gasteiger partial charge in [-0.2, -0.15) is 10.1 Å². The van der Waals surface area contributed by atoms with Crippen molar-refractivity contribution in [3.8, 4) is 11.4 Å². The molecule has 2 aromatic rings. The summed E-state index contributed by atoms with van der Waals surface area (Å²) in [6.07, 6.45) is 1.71. The molecule has 0 spiro atoms. The predicted molar refractivity (Wildman–Crippen MR) is 58.6 cm³/mol. The zero-order valence-electron chi connectivity index (χ0n) is 8.35. The van der Waals surface area contributed by atoms with Gasteiger partial charge < -0.3 is 10.7 Å². The van der Waals surface area contributed by atoms with Crippen LogP contribution in [0.1, 0.15) is 5.69 Å². The van der Waals surface area contributed by atoms with Crippen LogP contribution in [0.2, 0.25) is 0 Å². The van der Waals surface area contributed by atoms with E-state index in [2.05, 4.69) is 20.1 Å². The first-order valence-electron chi connectivity index (χ1n) is 4.30. The molecule has 2 rings (SSSR count). The van der Waals surface area contributed by atoms with Crippen LogP contribution in [-0.4, -0.2) is 24.7 Å². The van der Waals surface area contributed by atoms with E-state index in [0.717, 1.165) is 11.3 Å². The largest absolute Gasteiger partial charge is 0.369 e. The summed E-state index contributed by atoms with van der Waals surface area (Å²) in [5.41, 5.74) is 7.41. The lowest BCUT2D eigenvalue weighted by atomic mass is 10.2. The summed E-state index contributed by atoms with van der Waals surface area (Å²) in [5, 5.41) is 4.11. The number of H-pyrrole nitrogens is 1. The highest BCUT2D eigenvalue weighted by Crippen LogP contribution is 2.18. The number of aryl methyl sites for hydroxylation is 1. The summed E-state index contributed by atoms with van der Waals surface area (Å²) in [4.78, 5) is 10.7. The Labute approximate surface area is 91.2 Å². The number of aromatic nitrogens is 5. The smallest absolute Gasteiger partial charge is 0.224 e. The van der Waals surface area contributed by atoms with Gasteiger partial charge in [-0.25, -0.2) is 4.98 Å². The van der Waals surface area contributed by atoms with Crippen LogP contribution < -0.4 is 5.73 Å². The lowest BCUT2D eigenvalue weighted by molar-refractivity contribution is 0.740. The van der Waals surface area contributed by atoms with Crippen molar-refractivity contribution in [2.24, 2.45) is 7.05 Å². The Bertz CT molecular complexity index is 554. The molecule has 0 aliphatic heterocycles. The predicted octanol–water partition coefficient (Wildman–Crippen LogP) is 0.825. The van der Waals surface area contributed by atoms with Crippen LogP contribution in [0, 0.1) is 11.7 Å². The maximum atomic E-state index is 5.55. The molecule has 0 fully saturated rings. The molecule has 0 aliphatic rings. The molecular formula is C8H10N6S. The molecule has 0 saturated carbocycles. The summed E-state index contributed by atoms with van der Waals surface area (Å²) in [6.45, 7) is 1.94. The van der Waals surface area contributed by atoms with Crippen LogP contribution in [0.5, 0.6) is 0 Å². The number of nitrogens with two attached hydrogens (primary N) is 1. The van der Waals surface area contributed by atoms with Crippen molar-refractivity contribution in [2.75, 3.05) is 5.73 Å². The van der Waals surface area contributed by atoms with Gasteiger partial charge in [0.15, 0.2) is 0 Å². The standard InChI is InChI=1S/C8H10N6S/c1-4-5(3-10-14(4)2)6-11-7(9)13-8(15)12-6/h3H,1-2H3,(H3,9,11,12,13,15). The Morgan fingerprint density at radius 1 is 1.47 bits per heavy atom. The number of rotatable bonds is 1. The molecule has 0 radical (unpaired) electrons. The second-order valence-electron chi connectivity index (χ2n) is 3.13. The average Bonchev–Trinajstić information content (AvgIpc) is 2.46. The maximum absolute atomic E-state index is 5.55. The third kappa shape index (κ3) is 1.73. The quantitative estimate of drug-likeness (QED) is 0.698. The molecule has 0 aliphatic carbocycles. The molecule has 0 atom stereocenters. The van der Waals surface area contributed by atoms with Crippen LogP contribution in [0.15, 0.2) is 6.20 Å². The lowest BCUT2D eigenvalue weighted by Crippen LogP contribution is -2.00. The first kappa shape index (κ1) is 9.78. The zero-order valence-corrected chi connectivity index (χ0v) is 9.17. The molecule has 6 nitrogen and oxygen atoms in total. The van der Waals surface area contributed by atoms with Crippen molar-refractivity contribution in [1.82, 2.24) is 24.7 Å². The number of nitrogens with zero attached hydrogens (tertiary/aromatic N) is 4. The van der Waals surface area contributed by atoms with Gasteiger partial charge in [-0.15, -0.1) is 0 Å². The van der Waals surface area contributed by atoms with Crippen molar-refractivity contribution in [3.63, 3.8) is 0 Å². The van der Waals surface area contributed by atoms with Gasteiger partial charge in [0.05, 0.1) is 11.8 Å². The summed E-state index contributed by atoms with van der Waals surface area (Å²) in [6, 6.07) is 0. The van der Waals surface area contributed by atoms with E-state index in [1.807, 2.05) is 14.0 Å². The van der Waals surface area contributed by atoms with Crippen LogP contribution in [0.4, 0.5) is 5.95 Å². The minimum Gasteiger partial charge on any atom is -0.369 e. The molecule has 3 N–H and O–H groups in total. The van der Waals surface area contributed by atoms with E-state index in [1.165, 1.54) is 0 Å². The second-order valence-corrected chi connectivity index (χ2v) is 3.50. The van der Waals surface area contributed by atoms with E-state index in [0.29, 0.717) is 5.82 Å². The number of hydrogen-bond donors (Lipinski definition) is 2. The number of aromatic amines is 1. The molecule has 15 heavy (non-hydrogen) atoms. The van der Waals surface area contributed by atoms with E-state index in [4.69, 9.17) is 18.0 Å². The molecule has 0 unspecified atom stereocenters. The van der Waals surface area contributed by atoms with Crippen molar-refractivity contribution in [1.29, 1.82) is 0 Å². The normalized spacial score (nSPS) is 10.5. The molecule has 2 heterocycles. The van der Waals surface area contributed by atoms with Gasteiger partial charge in [0.1, 0.15) is 5.82 Å². The molecule has 2 aromatic heterocycles. The minimum atomic E-state index is 0.226. The molecule has 0 bridgehead atoms.